The second-order valence-electron chi connectivity index (χ2n) is 8.20. The van der Waals surface area contributed by atoms with E-state index in [0.29, 0.717) is 19.0 Å². The van der Waals surface area contributed by atoms with Crippen LogP contribution in [0.3, 0.4) is 0 Å². The Balaban J connectivity index is 1.87. The van der Waals surface area contributed by atoms with Crippen molar-refractivity contribution in [1.82, 2.24) is 25.3 Å². The topological polar surface area (TPSA) is 85.9 Å². The molecule has 0 atom stereocenters. The van der Waals surface area contributed by atoms with Crippen LogP contribution in [0.15, 0.2) is 17.3 Å². The van der Waals surface area contributed by atoms with Gasteiger partial charge < -0.3 is 19.9 Å². The molecule has 0 saturated carbocycles. The molecule has 1 aliphatic heterocycles. The first-order valence-electron chi connectivity index (χ1n) is 10.3. The molecule has 0 unspecified atom stereocenters. The molecule has 8 heteroatoms. The second-order valence-corrected chi connectivity index (χ2v) is 8.20. The van der Waals surface area contributed by atoms with Gasteiger partial charge in [0.05, 0.1) is 12.2 Å². The van der Waals surface area contributed by atoms with E-state index < -0.39 is 5.60 Å². The molecule has 28 heavy (non-hydrogen) atoms. The zero-order valence-corrected chi connectivity index (χ0v) is 18.0. The molecule has 1 aromatic heterocycles. The average molecular weight is 393 g/mol. The number of aromatic nitrogens is 2. The first kappa shape index (κ1) is 22.0. The van der Waals surface area contributed by atoms with Gasteiger partial charge in [-0.3, -0.25) is 5.10 Å². The van der Waals surface area contributed by atoms with E-state index in [4.69, 9.17) is 9.73 Å². The van der Waals surface area contributed by atoms with E-state index in [1.807, 2.05) is 38.7 Å². The van der Waals surface area contributed by atoms with Gasteiger partial charge in [-0.25, -0.2) is 9.79 Å². The van der Waals surface area contributed by atoms with Crippen molar-refractivity contribution in [3.8, 4) is 0 Å². The highest BCUT2D eigenvalue weighted by molar-refractivity contribution is 5.80. The number of hydrogen-bond acceptors (Lipinski definition) is 4. The van der Waals surface area contributed by atoms with Crippen molar-refractivity contribution < 1.29 is 9.53 Å². The van der Waals surface area contributed by atoms with Gasteiger partial charge in [0.1, 0.15) is 5.60 Å². The molecule has 1 aromatic rings. The Kier molecular flexibility index (Phi) is 8.14. The summed E-state index contributed by atoms with van der Waals surface area (Å²) in [5.74, 6) is 1.43. The molecule has 0 radical (unpaired) electrons. The van der Waals surface area contributed by atoms with Crippen molar-refractivity contribution in [3.05, 3.63) is 18.0 Å². The van der Waals surface area contributed by atoms with Crippen LogP contribution in [0.5, 0.6) is 0 Å². The quantitative estimate of drug-likeness (QED) is 0.574. The minimum absolute atomic E-state index is 0.216. The highest BCUT2D eigenvalue weighted by Gasteiger charge is 2.27. The van der Waals surface area contributed by atoms with Crippen LogP contribution in [0.1, 0.15) is 53.2 Å². The number of ether oxygens (including phenoxy) is 1. The minimum atomic E-state index is -0.459. The van der Waals surface area contributed by atoms with Gasteiger partial charge in [0, 0.05) is 38.9 Å². The standard InChI is InChI=1S/C20H36N6O2/c1-6-21-18(22-14-17-8-11-23-24-17)26-12-9-16(10-13-26)15-25(7-2)19(27)28-20(3,4)5/h8,11,16H,6-7,9-10,12-15H2,1-5H3,(H,21,22)(H,23,24). The molecular weight excluding hydrogens is 356 g/mol. The number of guanidine groups is 1. The largest absolute Gasteiger partial charge is 0.444 e. The van der Waals surface area contributed by atoms with Gasteiger partial charge >= 0.3 is 6.09 Å². The Morgan fingerprint density at radius 2 is 2.11 bits per heavy atom. The van der Waals surface area contributed by atoms with E-state index in [9.17, 15) is 4.79 Å². The van der Waals surface area contributed by atoms with Gasteiger partial charge in [0.2, 0.25) is 0 Å². The van der Waals surface area contributed by atoms with Crippen LogP contribution in [-0.2, 0) is 11.3 Å². The summed E-state index contributed by atoms with van der Waals surface area (Å²) in [4.78, 5) is 21.2. The third-order valence-electron chi connectivity index (χ3n) is 4.72. The van der Waals surface area contributed by atoms with E-state index >= 15 is 0 Å². The molecule has 1 aliphatic rings. The molecule has 0 spiro atoms. The number of likely N-dealkylation sites (tertiary alicyclic amines) is 1. The third-order valence-corrected chi connectivity index (χ3v) is 4.72. The second kappa shape index (κ2) is 10.3. The smallest absolute Gasteiger partial charge is 0.410 e. The lowest BCUT2D eigenvalue weighted by Gasteiger charge is -2.36. The molecule has 8 nitrogen and oxygen atoms in total. The number of piperidine rings is 1. The maximum absolute atomic E-state index is 12.4. The lowest BCUT2D eigenvalue weighted by Crippen LogP contribution is -2.47. The summed E-state index contributed by atoms with van der Waals surface area (Å²) in [6, 6.07) is 1.94. The first-order chi connectivity index (χ1) is 13.3. The van der Waals surface area contributed by atoms with E-state index in [2.05, 4.69) is 27.3 Å². The average Bonchev–Trinajstić information content (AvgIpc) is 3.16. The van der Waals surface area contributed by atoms with Crippen LogP contribution >= 0.6 is 0 Å². The lowest BCUT2D eigenvalue weighted by atomic mass is 9.96. The molecule has 158 valence electrons. The van der Waals surface area contributed by atoms with Crippen molar-refractivity contribution in [2.24, 2.45) is 10.9 Å². The number of rotatable bonds is 6. The number of nitrogens with zero attached hydrogens (tertiary/aromatic N) is 4. The zero-order valence-electron chi connectivity index (χ0n) is 18.0. The Bertz CT molecular complexity index is 615. The fourth-order valence-corrected chi connectivity index (χ4v) is 3.26. The van der Waals surface area contributed by atoms with Gasteiger partial charge in [0.25, 0.3) is 0 Å². The normalized spacial score (nSPS) is 16.2. The monoisotopic (exact) mass is 392 g/mol. The SMILES string of the molecule is CCNC(=NCc1ccn[nH]1)N1CCC(CN(CC)C(=O)OC(C)(C)C)CC1. The Labute approximate surface area is 168 Å². The maximum Gasteiger partial charge on any atom is 0.410 e. The number of aliphatic imine (C=N–C) groups is 1. The minimum Gasteiger partial charge on any atom is -0.444 e. The fourth-order valence-electron chi connectivity index (χ4n) is 3.26. The number of hydrogen-bond donors (Lipinski definition) is 2. The van der Waals surface area contributed by atoms with Crippen molar-refractivity contribution in [1.29, 1.82) is 0 Å². The van der Waals surface area contributed by atoms with E-state index in [1.54, 1.807) is 6.20 Å². The Morgan fingerprint density at radius 1 is 1.39 bits per heavy atom. The summed E-state index contributed by atoms with van der Waals surface area (Å²) in [6.45, 7) is 14.5. The number of aromatic amines is 1. The van der Waals surface area contributed by atoms with Crippen molar-refractivity contribution in [2.75, 3.05) is 32.7 Å². The molecule has 1 saturated heterocycles. The van der Waals surface area contributed by atoms with Crippen molar-refractivity contribution in [3.63, 3.8) is 0 Å². The zero-order chi connectivity index (χ0) is 20.6. The van der Waals surface area contributed by atoms with Crippen LogP contribution in [0.2, 0.25) is 0 Å². The van der Waals surface area contributed by atoms with Gasteiger partial charge in [-0.05, 0) is 59.4 Å². The Morgan fingerprint density at radius 3 is 2.64 bits per heavy atom. The van der Waals surface area contributed by atoms with E-state index in [0.717, 1.165) is 50.7 Å². The van der Waals surface area contributed by atoms with Crippen molar-refractivity contribution >= 4 is 12.1 Å². The summed E-state index contributed by atoms with van der Waals surface area (Å²) in [5, 5.41) is 10.3. The van der Waals surface area contributed by atoms with Gasteiger partial charge in [-0.2, -0.15) is 5.10 Å². The molecular formula is C20H36N6O2. The first-order valence-corrected chi connectivity index (χ1v) is 10.3. The predicted octanol–water partition coefficient (Wildman–Crippen LogP) is 2.84. The summed E-state index contributed by atoms with van der Waals surface area (Å²) in [5.41, 5.74) is 0.543. The number of amides is 1. The summed E-state index contributed by atoms with van der Waals surface area (Å²) >= 11 is 0. The van der Waals surface area contributed by atoms with Crippen LogP contribution < -0.4 is 5.32 Å². The lowest BCUT2D eigenvalue weighted by molar-refractivity contribution is 0.0214. The molecule has 2 heterocycles. The Hall–Kier alpha value is -2.25. The number of carbonyl (C=O) groups excluding carboxylic acids is 1. The van der Waals surface area contributed by atoms with Crippen LogP contribution in [0.4, 0.5) is 4.79 Å². The molecule has 0 aromatic carbocycles. The third kappa shape index (κ3) is 7.05. The predicted molar refractivity (Wildman–Crippen MR) is 111 cm³/mol. The highest BCUT2D eigenvalue weighted by Crippen LogP contribution is 2.20. The van der Waals surface area contributed by atoms with Crippen LogP contribution in [-0.4, -0.2) is 70.4 Å². The molecule has 1 amide bonds. The van der Waals surface area contributed by atoms with E-state index in [-0.39, 0.29) is 6.09 Å². The number of carbonyl (C=O) groups is 1. The highest BCUT2D eigenvalue weighted by atomic mass is 16.6. The summed E-state index contributed by atoms with van der Waals surface area (Å²) in [6.07, 6.45) is 3.60. The van der Waals surface area contributed by atoms with Gasteiger partial charge in [-0.15, -0.1) is 0 Å². The molecule has 1 fully saturated rings. The molecule has 2 N–H and O–H groups in total. The number of nitrogens with one attached hydrogen (secondary N) is 2. The van der Waals surface area contributed by atoms with Crippen LogP contribution in [0, 0.1) is 5.92 Å². The van der Waals surface area contributed by atoms with Crippen LogP contribution in [0.25, 0.3) is 0 Å². The summed E-state index contributed by atoms with van der Waals surface area (Å²) in [7, 11) is 0. The van der Waals surface area contributed by atoms with Crippen molar-refractivity contribution in [2.45, 2.75) is 59.6 Å². The van der Waals surface area contributed by atoms with E-state index in [1.165, 1.54) is 0 Å². The molecule has 2 rings (SSSR count). The molecule has 0 aliphatic carbocycles. The number of H-pyrrole nitrogens is 1. The molecule has 0 bridgehead atoms. The maximum atomic E-state index is 12.4. The van der Waals surface area contributed by atoms with Gasteiger partial charge in [-0.1, -0.05) is 0 Å². The van der Waals surface area contributed by atoms with Gasteiger partial charge in [0.15, 0.2) is 5.96 Å². The summed E-state index contributed by atoms with van der Waals surface area (Å²) < 4.78 is 5.53. The fraction of sp³-hybridized carbons (Fsp3) is 0.750.